The van der Waals surface area contributed by atoms with E-state index in [1.807, 2.05) is 0 Å². The highest BCUT2D eigenvalue weighted by molar-refractivity contribution is 5.68. The minimum absolute atomic E-state index is 0.256. The Kier molecular flexibility index (Phi) is 4.15. The molecule has 4 N–H and O–H groups in total. The van der Waals surface area contributed by atoms with E-state index in [0.29, 0.717) is 0 Å². The molecule has 16 heavy (non-hydrogen) atoms. The number of ether oxygens (including phenoxy) is 1. The van der Waals surface area contributed by atoms with Gasteiger partial charge in [-0.05, 0) is 40.0 Å². The molecule has 5 heteroatoms. The first-order chi connectivity index (χ1) is 7.29. The van der Waals surface area contributed by atoms with E-state index in [9.17, 15) is 9.90 Å². The quantitative estimate of drug-likeness (QED) is 0.620. The maximum atomic E-state index is 11.5. The van der Waals surface area contributed by atoms with E-state index in [0.717, 1.165) is 19.3 Å². The predicted molar refractivity (Wildman–Crippen MR) is 61.0 cm³/mol. The third kappa shape index (κ3) is 3.98. The lowest BCUT2D eigenvalue weighted by Crippen LogP contribution is -2.54. The number of nitrogens with two attached hydrogens (primary N) is 1. The van der Waals surface area contributed by atoms with Gasteiger partial charge in [0, 0.05) is 6.04 Å². The molecule has 0 heterocycles. The molecular formula is C11H22N2O3. The normalized spacial score (nSPS) is 30.9. The average molecular weight is 230 g/mol. The topological polar surface area (TPSA) is 84.6 Å². The van der Waals surface area contributed by atoms with E-state index in [1.165, 1.54) is 0 Å². The van der Waals surface area contributed by atoms with Crippen molar-refractivity contribution >= 4 is 6.09 Å². The Morgan fingerprint density at radius 1 is 1.44 bits per heavy atom. The summed E-state index contributed by atoms with van der Waals surface area (Å²) in [6.07, 6.45) is 1.28. The van der Waals surface area contributed by atoms with Crippen LogP contribution in [0.2, 0.25) is 0 Å². The molecule has 5 nitrogen and oxygen atoms in total. The van der Waals surface area contributed by atoms with E-state index in [2.05, 4.69) is 5.32 Å². The second kappa shape index (κ2) is 5.01. The van der Waals surface area contributed by atoms with Gasteiger partial charge in [0.05, 0.1) is 12.1 Å². The van der Waals surface area contributed by atoms with E-state index in [4.69, 9.17) is 10.5 Å². The van der Waals surface area contributed by atoms with Gasteiger partial charge in [-0.1, -0.05) is 0 Å². The fraction of sp³-hybridized carbons (Fsp3) is 0.909. The van der Waals surface area contributed by atoms with Gasteiger partial charge in [0.25, 0.3) is 0 Å². The lowest BCUT2D eigenvalue weighted by atomic mass is 9.89. The van der Waals surface area contributed by atoms with Crippen molar-refractivity contribution in [1.29, 1.82) is 0 Å². The molecule has 1 aliphatic rings. The summed E-state index contributed by atoms with van der Waals surface area (Å²) in [4.78, 5) is 11.5. The van der Waals surface area contributed by atoms with Crippen LogP contribution in [-0.2, 0) is 4.74 Å². The number of carbonyl (C=O) groups is 1. The number of hydrogen-bond acceptors (Lipinski definition) is 4. The number of alkyl carbamates (subject to hydrolysis) is 1. The highest BCUT2D eigenvalue weighted by Crippen LogP contribution is 2.18. The fourth-order valence-electron chi connectivity index (χ4n) is 1.83. The van der Waals surface area contributed by atoms with Crippen LogP contribution in [0.15, 0.2) is 0 Å². The minimum atomic E-state index is -0.679. The molecule has 0 saturated heterocycles. The van der Waals surface area contributed by atoms with Crippen LogP contribution >= 0.6 is 0 Å². The van der Waals surface area contributed by atoms with Gasteiger partial charge in [-0.15, -0.1) is 0 Å². The molecule has 1 rings (SSSR count). The lowest BCUT2D eigenvalue weighted by Gasteiger charge is -2.33. The van der Waals surface area contributed by atoms with Gasteiger partial charge >= 0.3 is 6.09 Å². The summed E-state index contributed by atoms with van der Waals surface area (Å²) in [6, 6.07) is -0.549. The molecule has 0 aliphatic heterocycles. The average Bonchev–Trinajstić information content (AvgIpc) is 2.09. The number of amides is 1. The summed E-state index contributed by atoms with van der Waals surface area (Å²) in [6.45, 7) is 5.40. The van der Waals surface area contributed by atoms with Crippen molar-refractivity contribution in [2.24, 2.45) is 5.73 Å². The number of rotatable bonds is 1. The van der Waals surface area contributed by atoms with E-state index >= 15 is 0 Å². The second-order valence-corrected chi connectivity index (χ2v) is 5.34. The Bertz CT molecular complexity index is 250. The second-order valence-electron chi connectivity index (χ2n) is 5.34. The zero-order chi connectivity index (χ0) is 12.3. The number of nitrogens with one attached hydrogen (secondary N) is 1. The molecule has 94 valence electrons. The molecule has 1 fully saturated rings. The number of aliphatic hydroxyl groups excluding tert-OH is 1. The summed E-state index contributed by atoms with van der Waals surface area (Å²) in [7, 11) is 0. The zero-order valence-electron chi connectivity index (χ0n) is 10.2. The first-order valence-electron chi connectivity index (χ1n) is 5.73. The van der Waals surface area contributed by atoms with Gasteiger partial charge in [-0.3, -0.25) is 0 Å². The van der Waals surface area contributed by atoms with Crippen LogP contribution in [0.5, 0.6) is 0 Å². The van der Waals surface area contributed by atoms with Gasteiger partial charge in [-0.2, -0.15) is 0 Å². The smallest absolute Gasteiger partial charge is 0.407 e. The summed E-state index contributed by atoms with van der Waals surface area (Å²) >= 11 is 0. The minimum Gasteiger partial charge on any atom is -0.444 e. The molecule has 1 amide bonds. The molecule has 3 unspecified atom stereocenters. The van der Waals surface area contributed by atoms with Crippen LogP contribution in [0.3, 0.4) is 0 Å². The standard InChI is InChI=1S/C11H22N2O3/c1-11(2,3)16-10(15)13-8-6-4-5-7(12)9(8)14/h7-9,14H,4-6,12H2,1-3H3,(H,13,15). The largest absolute Gasteiger partial charge is 0.444 e. The first-order valence-corrected chi connectivity index (χ1v) is 5.73. The fourth-order valence-corrected chi connectivity index (χ4v) is 1.83. The SMILES string of the molecule is CC(C)(C)OC(=O)NC1CCCC(N)C1O. The molecule has 1 saturated carbocycles. The molecule has 3 atom stereocenters. The Labute approximate surface area is 96.3 Å². The van der Waals surface area contributed by atoms with Crippen LogP contribution in [0, 0.1) is 0 Å². The van der Waals surface area contributed by atoms with E-state index in [-0.39, 0.29) is 12.1 Å². The van der Waals surface area contributed by atoms with Crippen LogP contribution in [0.1, 0.15) is 40.0 Å². The van der Waals surface area contributed by atoms with Crippen molar-refractivity contribution in [2.75, 3.05) is 0 Å². The van der Waals surface area contributed by atoms with Crippen molar-refractivity contribution < 1.29 is 14.6 Å². The van der Waals surface area contributed by atoms with Crippen molar-refractivity contribution in [1.82, 2.24) is 5.32 Å². The van der Waals surface area contributed by atoms with E-state index < -0.39 is 17.8 Å². The maximum absolute atomic E-state index is 11.5. The summed E-state index contributed by atoms with van der Waals surface area (Å²) in [5.74, 6) is 0. The molecular weight excluding hydrogens is 208 g/mol. The zero-order valence-corrected chi connectivity index (χ0v) is 10.2. The third-order valence-electron chi connectivity index (χ3n) is 2.61. The van der Waals surface area contributed by atoms with Gasteiger partial charge in [-0.25, -0.2) is 4.79 Å². The number of carbonyl (C=O) groups excluding carboxylic acids is 1. The van der Waals surface area contributed by atoms with E-state index in [1.54, 1.807) is 20.8 Å². The van der Waals surface area contributed by atoms with Crippen LogP contribution < -0.4 is 11.1 Å². The summed E-state index contributed by atoms with van der Waals surface area (Å²) < 4.78 is 5.12. The highest BCUT2D eigenvalue weighted by atomic mass is 16.6. The molecule has 0 aromatic heterocycles. The lowest BCUT2D eigenvalue weighted by molar-refractivity contribution is 0.0320. The van der Waals surface area contributed by atoms with Crippen LogP contribution in [0.25, 0.3) is 0 Å². The third-order valence-corrected chi connectivity index (χ3v) is 2.61. The number of aliphatic hydroxyl groups is 1. The Morgan fingerprint density at radius 2 is 2.06 bits per heavy atom. The van der Waals surface area contributed by atoms with Crippen LogP contribution in [0.4, 0.5) is 4.79 Å². The summed E-state index contributed by atoms with van der Waals surface area (Å²) in [5, 5.41) is 12.5. The molecule has 0 radical (unpaired) electrons. The van der Waals surface area contributed by atoms with Gasteiger partial charge in [0.15, 0.2) is 0 Å². The molecule has 0 bridgehead atoms. The maximum Gasteiger partial charge on any atom is 0.407 e. The van der Waals surface area contributed by atoms with Gasteiger partial charge in [0.1, 0.15) is 5.60 Å². The Balaban J connectivity index is 2.44. The van der Waals surface area contributed by atoms with Crippen LogP contribution in [-0.4, -0.2) is 35.0 Å². The predicted octanol–water partition coefficient (Wildman–Crippen LogP) is 0.752. The molecule has 0 spiro atoms. The summed E-state index contributed by atoms with van der Waals surface area (Å²) in [5.41, 5.74) is 5.21. The van der Waals surface area contributed by atoms with Gasteiger partial charge in [0.2, 0.25) is 0 Å². The van der Waals surface area contributed by atoms with Gasteiger partial charge < -0.3 is 20.9 Å². The molecule has 1 aliphatic carbocycles. The highest BCUT2D eigenvalue weighted by Gasteiger charge is 2.31. The van der Waals surface area contributed by atoms with Crippen molar-refractivity contribution in [3.8, 4) is 0 Å². The monoisotopic (exact) mass is 230 g/mol. The van der Waals surface area contributed by atoms with Crippen molar-refractivity contribution in [3.63, 3.8) is 0 Å². The first kappa shape index (κ1) is 13.3. The van der Waals surface area contributed by atoms with Crippen molar-refractivity contribution in [3.05, 3.63) is 0 Å². The number of hydrogen-bond donors (Lipinski definition) is 3. The molecule has 0 aromatic rings. The Morgan fingerprint density at radius 3 is 2.62 bits per heavy atom. The molecule has 0 aromatic carbocycles. The Hall–Kier alpha value is -0.810. The van der Waals surface area contributed by atoms with Crippen molar-refractivity contribution in [2.45, 2.75) is 63.8 Å².